The van der Waals surface area contributed by atoms with Gasteiger partial charge in [-0.25, -0.2) is 14.4 Å². The molecule has 1 aliphatic heterocycles. The number of cyclic esters (lactones) is 1. The molecule has 4 rings (SSSR count). The third-order valence-corrected chi connectivity index (χ3v) is 9.76. The average Bonchev–Trinajstić information content (AvgIpc) is 3.09. The Labute approximate surface area is 318 Å². The van der Waals surface area contributed by atoms with Crippen molar-refractivity contribution in [1.82, 2.24) is 0 Å². The summed E-state index contributed by atoms with van der Waals surface area (Å²) in [4.78, 5) is 53.3. The second-order valence-corrected chi connectivity index (χ2v) is 14.9. The molecule has 0 saturated carbocycles. The lowest BCUT2D eigenvalue weighted by Gasteiger charge is -2.30. The fourth-order valence-corrected chi connectivity index (χ4v) is 6.24. The summed E-state index contributed by atoms with van der Waals surface area (Å²) in [7, 11) is 0. The highest BCUT2D eigenvalue weighted by atomic mass is 79.9. The maximum absolute atomic E-state index is 13.5. The van der Waals surface area contributed by atoms with Crippen LogP contribution in [0.1, 0.15) is 102 Å². The van der Waals surface area contributed by atoms with E-state index < -0.39 is 48.3 Å². The molecule has 0 spiro atoms. The predicted molar refractivity (Wildman–Crippen MR) is 201 cm³/mol. The van der Waals surface area contributed by atoms with Crippen LogP contribution in [0.5, 0.6) is 0 Å². The summed E-state index contributed by atoms with van der Waals surface area (Å²) >= 11 is 10.1. The van der Waals surface area contributed by atoms with Crippen molar-refractivity contribution >= 4 is 71.7 Å². The Kier molecular flexibility index (Phi) is 16.2. The molecule has 3 aromatic carbocycles. The molecule has 0 N–H and O–H groups in total. The highest BCUT2D eigenvalue weighted by Crippen LogP contribution is 2.25. The molecule has 266 valence electrons. The third-order valence-electron chi connectivity index (χ3n) is 8.17. The summed E-state index contributed by atoms with van der Waals surface area (Å²) in [5, 5.41) is 0. The van der Waals surface area contributed by atoms with E-state index in [9.17, 15) is 19.2 Å². The third kappa shape index (κ3) is 13.1. The number of carbonyl (C=O) groups is 4. The fraction of sp³-hybridized carbons (Fsp3) is 0.385. The molecule has 3 aromatic rings. The van der Waals surface area contributed by atoms with E-state index in [2.05, 4.69) is 54.7 Å². The number of hydrogen-bond acceptors (Lipinski definition) is 8. The number of unbranched alkanes of at least 4 members (excludes halogenated alkanes) is 6. The molecule has 8 nitrogen and oxygen atoms in total. The van der Waals surface area contributed by atoms with Crippen molar-refractivity contribution in [3.8, 4) is 0 Å². The molecule has 0 bridgehead atoms. The molecule has 1 heterocycles. The van der Waals surface area contributed by atoms with Crippen LogP contribution in [0.15, 0.2) is 98.4 Å². The van der Waals surface area contributed by atoms with E-state index in [1.54, 1.807) is 72.8 Å². The van der Waals surface area contributed by atoms with E-state index in [0.717, 1.165) is 39.1 Å². The van der Waals surface area contributed by atoms with Gasteiger partial charge in [-0.15, -0.1) is 0 Å². The van der Waals surface area contributed by atoms with Gasteiger partial charge in [0, 0.05) is 19.8 Å². The number of ether oxygens (including phenoxy) is 4. The van der Waals surface area contributed by atoms with Crippen LogP contribution in [0.4, 0.5) is 0 Å². The lowest BCUT2D eigenvalue weighted by Crippen LogP contribution is -2.39. The van der Waals surface area contributed by atoms with Crippen molar-refractivity contribution in [3.05, 3.63) is 115 Å². The Balaban J connectivity index is 1.64. The SMILES string of the molecule is CCCCCCCCC[C@H]1C[C@@H](OC(=O)c2ccc(Br)cc2)[C@H](OC(=O)c2ccc(Br)cc2)/C=C/[C@H](OC(=O)c2ccc(Br)cc2)CC(=O)O1. The van der Waals surface area contributed by atoms with Crippen molar-refractivity contribution in [1.29, 1.82) is 0 Å². The molecule has 0 saturated heterocycles. The van der Waals surface area contributed by atoms with Crippen molar-refractivity contribution in [2.24, 2.45) is 0 Å². The molecule has 0 amide bonds. The van der Waals surface area contributed by atoms with E-state index >= 15 is 0 Å². The fourth-order valence-electron chi connectivity index (χ4n) is 5.44. The first kappa shape index (κ1) is 39.5. The Morgan fingerprint density at radius 1 is 0.640 bits per heavy atom. The number of rotatable bonds is 14. The largest absolute Gasteiger partial charge is 0.462 e. The summed E-state index contributed by atoms with van der Waals surface area (Å²) in [5.41, 5.74) is 0.888. The lowest BCUT2D eigenvalue weighted by atomic mass is 9.98. The van der Waals surface area contributed by atoms with Gasteiger partial charge in [0.15, 0.2) is 6.10 Å². The molecule has 0 fully saturated rings. The van der Waals surface area contributed by atoms with Crippen LogP contribution in [0.3, 0.4) is 0 Å². The van der Waals surface area contributed by atoms with Crippen molar-refractivity contribution < 1.29 is 38.1 Å². The van der Waals surface area contributed by atoms with E-state index in [0.29, 0.717) is 23.1 Å². The summed E-state index contributed by atoms with van der Waals surface area (Å²) in [6.07, 6.45) is 7.03. The van der Waals surface area contributed by atoms with Crippen LogP contribution in [0.25, 0.3) is 0 Å². The van der Waals surface area contributed by atoms with Gasteiger partial charge in [-0.2, -0.15) is 0 Å². The van der Waals surface area contributed by atoms with Gasteiger partial charge in [0.05, 0.1) is 23.1 Å². The molecule has 1 aliphatic rings. The molecule has 0 aromatic heterocycles. The molecule has 11 heteroatoms. The van der Waals surface area contributed by atoms with Crippen LogP contribution in [-0.2, 0) is 23.7 Å². The molecule has 50 heavy (non-hydrogen) atoms. The second kappa shape index (κ2) is 20.5. The number of hydrogen-bond donors (Lipinski definition) is 0. The zero-order valence-electron chi connectivity index (χ0n) is 27.9. The van der Waals surface area contributed by atoms with Gasteiger partial charge in [-0.1, -0.05) is 93.2 Å². The number of halogens is 3. The Bertz CT molecular complexity index is 1590. The topological polar surface area (TPSA) is 105 Å². The number of benzene rings is 3. The van der Waals surface area contributed by atoms with Crippen molar-refractivity contribution in [2.45, 2.75) is 95.5 Å². The molecule has 4 atom stereocenters. The maximum Gasteiger partial charge on any atom is 0.338 e. The van der Waals surface area contributed by atoms with Crippen LogP contribution in [0.2, 0.25) is 0 Å². The summed E-state index contributed by atoms with van der Waals surface area (Å²) in [5.74, 6) is -2.47. The van der Waals surface area contributed by atoms with Crippen LogP contribution < -0.4 is 0 Å². The number of esters is 4. The van der Waals surface area contributed by atoms with Gasteiger partial charge in [0.2, 0.25) is 0 Å². The quantitative estimate of drug-likeness (QED) is 0.0683. The molecule has 0 unspecified atom stereocenters. The first-order chi connectivity index (χ1) is 24.1. The first-order valence-corrected chi connectivity index (χ1v) is 19.3. The summed E-state index contributed by atoms with van der Waals surface area (Å²) in [6, 6.07) is 20.0. The van der Waals surface area contributed by atoms with E-state index in [4.69, 9.17) is 18.9 Å². The van der Waals surface area contributed by atoms with E-state index in [1.165, 1.54) is 31.4 Å². The highest BCUT2D eigenvalue weighted by Gasteiger charge is 2.34. The Morgan fingerprint density at radius 3 is 1.62 bits per heavy atom. The van der Waals surface area contributed by atoms with Gasteiger partial charge >= 0.3 is 23.9 Å². The molecule has 0 aliphatic carbocycles. The van der Waals surface area contributed by atoms with Crippen molar-refractivity contribution in [2.75, 3.05) is 0 Å². The van der Waals surface area contributed by atoms with Crippen LogP contribution in [0, 0.1) is 0 Å². The maximum atomic E-state index is 13.5. The van der Waals surface area contributed by atoms with Crippen molar-refractivity contribution in [3.63, 3.8) is 0 Å². The Hall–Kier alpha value is -3.28. The van der Waals surface area contributed by atoms with Gasteiger partial charge in [0.25, 0.3) is 0 Å². The van der Waals surface area contributed by atoms with E-state index in [1.807, 2.05) is 0 Å². The Morgan fingerprint density at radius 2 is 1.10 bits per heavy atom. The van der Waals surface area contributed by atoms with E-state index in [-0.39, 0.29) is 12.8 Å². The van der Waals surface area contributed by atoms with Gasteiger partial charge in [-0.3, -0.25) is 4.79 Å². The highest BCUT2D eigenvalue weighted by molar-refractivity contribution is 9.11. The van der Waals surface area contributed by atoms with Gasteiger partial charge in [0.1, 0.15) is 18.3 Å². The zero-order chi connectivity index (χ0) is 35.9. The minimum atomic E-state index is -1.10. The normalized spacial score (nSPS) is 19.9. The zero-order valence-corrected chi connectivity index (χ0v) is 32.6. The molecular formula is C39H41Br3O8. The molecular weight excluding hydrogens is 836 g/mol. The predicted octanol–water partition coefficient (Wildman–Crippen LogP) is 10.4. The standard InChI is InChI=1S/C39H41Br3O8/c1-2-3-4-5-6-7-8-9-32-24-35(50-39(46)28-14-20-31(42)21-15-28)34(49-38(45)27-12-18-30(41)19-13-27)23-22-33(25-36(43)47-32)48-37(44)26-10-16-29(40)17-11-26/h10-23,32-35H,2-9,24-25H2,1H3/b23-22+/t32-,33-,34+,35+/m0/s1. The van der Waals surface area contributed by atoms with Gasteiger partial charge in [-0.05, 0) is 97.8 Å². The minimum absolute atomic E-state index is 0.0931. The first-order valence-electron chi connectivity index (χ1n) is 16.9. The monoisotopic (exact) mass is 874 g/mol. The summed E-state index contributed by atoms with van der Waals surface area (Å²) in [6.45, 7) is 2.18. The summed E-state index contributed by atoms with van der Waals surface area (Å²) < 4.78 is 26.2. The molecule has 0 radical (unpaired) electrons. The second-order valence-electron chi connectivity index (χ2n) is 12.1. The average molecular weight is 877 g/mol. The number of carbonyl (C=O) groups excluding carboxylic acids is 4. The van der Waals surface area contributed by atoms with Crippen LogP contribution >= 0.6 is 47.8 Å². The van der Waals surface area contributed by atoms with Gasteiger partial charge < -0.3 is 18.9 Å². The lowest BCUT2D eigenvalue weighted by molar-refractivity contribution is -0.153. The minimum Gasteiger partial charge on any atom is -0.462 e. The smallest absolute Gasteiger partial charge is 0.338 e. The van der Waals surface area contributed by atoms with Crippen LogP contribution in [-0.4, -0.2) is 48.3 Å².